The Hall–Kier alpha value is -11.1. The van der Waals surface area contributed by atoms with Crippen LogP contribution in [0, 0.1) is 18.7 Å². The lowest BCUT2D eigenvalue weighted by atomic mass is 9.81. The molecule has 1 fully saturated rings. The first-order chi connectivity index (χ1) is 54.1. The molecule has 10 rings (SSSR count). The van der Waals surface area contributed by atoms with Crippen LogP contribution in [0.3, 0.4) is 0 Å². The van der Waals surface area contributed by atoms with Crippen molar-refractivity contribution in [2.45, 2.75) is 160 Å². The van der Waals surface area contributed by atoms with E-state index in [0.717, 1.165) is 46.5 Å². The zero-order valence-corrected chi connectivity index (χ0v) is 64.7. The Morgan fingerprint density at radius 3 is 2.04 bits per heavy atom. The Balaban J connectivity index is 0.631. The Morgan fingerprint density at radius 2 is 1.37 bits per heavy atom. The van der Waals surface area contributed by atoms with Crippen LogP contribution in [0.1, 0.15) is 144 Å². The van der Waals surface area contributed by atoms with Gasteiger partial charge in [0.25, 0.3) is 15.6 Å². The van der Waals surface area contributed by atoms with Crippen LogP contribution in [0.15, 0.2) is 94.6 Å². The number of hydrogen-bond acceptors (Lipinski definition) is 20. The zero-order valence-electron chi connectivity index (χ0n) is 63.9. The normalized spacial score (nSPS) is 16.8. The van der Waals surface area contributed by atoms with Gasteiger partial charge in [0, 0.05) is 77.4 Å². The number of benzene rings is 4. The fraction of sp³-hybridized carbons (Fsp3) is 0.462. The zero-order chi connectivity index (χ0) is 81.4. The molecule has 606 valence electrons. The molecule has 4 aromatic carbocycles. The molecule has 11 N–H and O–H groups in total. The Labute approximate surface area is 651 Å². The number of nitrogens with one attached hydrogen (secondary N) is 9. The number of anilines is 4. The first-order valence-corrected chi connectivity index (χ1v) is 39.2. The highest BCUT2D eigenvalue weighted by Gasteiger charge is 2.52. The molecule has 1 saturated heterocycles. The minimum absolute atomic E-state index is 0.0145. The molecule has 0 saturated carbocycles. The summed E-state index contributed by atoms with van der Waals surface area (Å²) in [6, 6.07) is 13.3. The fourth-order valence-corrected chi connectivity index (χ4v) is 15.6. The SMILES string of the molecule is CCCNC(=O)Nc1cccc(S(=O)(=O)Nc2cccc(C(CC(=O)O)NC(=O)Nc3ccc(NC(=O)NCCOCCOCCOCCC(=O)NC(CC(=O)O)C(=O)N4CCCC4C(=O)NC(C(=O)OC4(CC)C(=O)OCc5c4cc4n(c5=O)Cc5c-4nc4cc(F)c(C)c6c4c5C(N(CC)CC)CC6)C(C)C)cc3)c2)c1. The number of carboxylic acids is 2. The van der Waals surface area contributed by atoms with Gasteiger partial charge in [0.15, 0.2) is 0 Å². The number of aliphatic carboxylic acids is 2. The highest BCUT2D eigenvalue weighted by molar-refractivity contribution is 7.92. The maximum Gasteiger partial charge on any atom is 0.355 e. The first-order valence-electron chi connectivity index (χ1n) is 37.7. The number of carbonyl (C=O) groups is 10. The van der Waals surface area contributed by atoms with E-state index in [0.29, 0.717) is 54.0 Å². The summed E-state index contributed by atoms with van der Waals surface area (Å²) in [6.07, 6.45) is 0.662. The van der Waals surface area contributed by atoms with Crippen molar-refractivity contribution in [3.05, 3.63) is 140 Å². The van der Waals surface area contributed by atoms with Gasteiger partial charge in [-0.2, -0.15) is 0 Å². The Kier molecular flexibility index (Phi) is 28.3. The van der Waals surface area contributed by atoms with Gasteiger partial charge in [0.1, 0.15) is 30.5 Å². The van der Waals surface area contributed by atoms with Gasteiger partial charge < -0.3 is 85.9 Å². The predicted octanol–water partition coefficient (Wildman–Crippen LogP) is 7.43. The molecule has 3 aliphatic heterocycles. The second-order valence-corrected chi connectivity index (χ2v) is 29.7. The first kappa shape index (κ1) is 84.3. The number of pyridine rings is 2. The summed E-state index contributed by atoms with van der Waals surface area (Å²) < 4.78 is 74.9. The third-order valence-corrected chi connectivity index (χ3v) is 21.6. The van der Waals surface area contributed by atoms with E-state index in [9.17, 15) is 71.4 Å². The second kappa shape index (κ2) is 37.9. The fourth-order valence-electron chi connectivity index (χ4n) is 14.5. The molecule has 2 aromatic heterocycles. The number of aryl methyl sites for hydroxylation is 1. The van der Waals surface area contributed by atoms with Crippen LogP contribution in [-0.4, -0.2) is 188 Å². The molecular formula is C78H96FN13O20S. The van der Waals surface area contributed by atoms with Gasteiger partial charge in [-0.1, -0.05) is 59.7 Å². The number of amides is 9. The number of urea groups is 3. The third-order valence-electron chi connectivity index (χ3n) is 20.2. The van der Waals surface area contributed by atoms with Gasteiger partial charge in [-0.15, -0.1) is 0 Å². The number of rotatable bonds is 37. The van der Waals surface area contributed by atoms with Crippen molar-refractivity contribution in [2.75, 3.05) is 93.0 Å². The van der Waals surface area contributed by atoms with Gasteiger partial charge in [0.2, 0.25) is 23.3 Å². The average Bonchev–Trinajstić information content (AvgIpc) is 1.59. The van der Waals surface area contributed by atoms with Crippen LogP contribution >= 0.6 is 0 Å². The second-order valence-electron chi connectivity index (χ2n) is 28.0. The monoisotopic (exact) mass is 1590 g/mol. The van der Waals surface area contributed by atoms with Gasteiger partial charge in [0.05, 0.1) is 92.4 Å². The van der Waals surface area contributed by atoms with E-state index in [1.165, 1.54) is 78.9 Å². The van der Waals surface area contributed by atoms with Crippen molar-refractivity contribution in [1.82, 2.24) is 45.9 Å². The number of cyclic esters (lactones) is 1. The van der Waals surface area contributed by atoms with Crippen LogP contribution in [0.5, 0.6) is 0 Å². The molecule has 0 bridgehead atoms. The molecule has 4 aliphatic rings. The van der Waals surface area contributed by atoms with Crippen LogP contribution in [0.4, 0.5) is 41.5 Å². The highest BCUT2D eigenvalue weighted by Crippen LogP contribution is 2.48. The third kappa shape index (κ3) is 20.2. The van der Waals surface area contributed by atoms with Gasteiger partial charge in [-0.3, -0.25) is 38.4 Å². The van der Waals surface area contributed by atoms with E-state index in [-0.39, 0.29) is 123 Å². The van der Waals surface area contributed by atoms with Crippen molar-refractivity contribution < 1.29 is 94.7 Å². The van der Waals surface area contributed by atoms with Gasteiger partial charge in [-0.05, 0) is 147 Å². The lowest BCUT2D eigenvalue weighted by Gasteiger charge is -2.37. The number of carbonyl (C=O) groups excluding carboxylic acids is 8. The standard InChI is InChI=1S/C78H96FN13O20S/c1-8-27-80-75(103)84-49-16-13-18-51(37-49)113(106,107)89-50-17-12-15-46(36-50)57(40-64(94)95)87-77(105)83-48-22-20-47(21-23-48)82-76(104)81-28-31-109-33-35-110-34-32-108-30-26-63(93)85-59(41-65(96)97)72(100)91-29-14-19-61(91)70(98)88-68(44(5)6)73(101)112-78(9-2)55-38-62-69-53(42-92(62)71(99)54(55)43-111-74(78)102)67-60(90(10-3)11-4)25-24-52-45(7)56(79)39-58(86-69)66(52)67/h12-13,15-18,20-23,36-39,44,57,59-61,68,89H,8-11,14,19,24-35,40-43H2,1-7H3,(H,85,93)(H,88,98)(H,94,95)(H,96,97)(H2,80,84,103)(H2,81,82,104)(H2,83,87,105). The topological polar surface area (TPSA) is 441 Å². The maximum absolute atomic E-state index is 15.7. The summed E-state index contributed by atoms with van der Waals surface area (Å²) in [6.45, 7) is 14.9. The molecule has 5 heterocycles. The number of esters is 2. The summed E-state index contributed by atoms with van der Waals surface area (Å²) in [5.41, 5.74) is 3.23. The van der Waals surface area contributed by atoms with E-state index in [1.54, 1.807) is 38.3 Å². The van der Waals surface area contributed by atoms with E-state index < -0.39 is 136 Å². The molecule has 6 atom stereocenters. The quantitative estimate of drug-likeness (QED) is 0.0133. The van der Waals surface area contributed by atoms with Gasteiger partial charge >= 0.3 is 42.0 Å². The van der Waals surface area contributed by atoms with Crippen LogP contribution in [0.25, 0.3) is 22.3 Å². The highest BCUT2D eigenvalue weighted by atomic mass is 32.2. The molecule has 0 radical (unpaired) electrons. The van der Waals surface area contributed by atoms with Crippen molar-refractivity contribution in [2.24, 2.45) is 5.92 Å². The number of fused-ring (bicyclic) bond motifs is 5. The number of nitrogens with zero attached hydrogens (tertiary/aromatic N) is 4. The number of ether oxygens (including phenoxy) is 5. The molecule has 6 aromatic rings. The molecule has 1 aliphatic carbocycles. The van der Waals surface area contributed by atoms with E-state index in [1.807, 2.05) is 6.92 Å². The molecule has 0 spiro atoms. The summed E-state index contributed by atoms with van der Waals surface area (Å²) >= 11 is 0. The lowest BCUT2D eigenvalue weighted by Crippen LogP contribution is -2.57. The van der Waals surface area contributed by atoms with E-state index in [4.69, 9.17) is 28.7 Å². The van der Waals surface area contributed by atoms with Crippen molar-refractivity contribution in [1.29, 1.82) is 0 Å². The molecule has 33 nitrogen and oxygen atoms in total. The maximum atomic E-state index is 15.7. The van der Waals surface area contributed by atoms with E-state index >= 15 is 4.39 Å². The van der Waals surface area contributed by atoms with E-state index in [2.05, 4.69) is 66.0 Å². The number of halogens is 1. The van der Waals surface area contributed by atoms with Crippen molar-refractivity contribution in [3.63, 3.8) is 0 Å². The predicted molar refractivity (Wildman–Crippen MR) is 411 cm³/mol. The number of aromatic nitrogens is 2. The minimum Gasteiger partial charge on any atom is -0.481 e. The van der Waals surface area contributed by atoms with Crippen molar-refractivity contribution in [3.8, 4) is 11.4 Å². The number of carboxylic acid groups (broad SMARTS) is 2. The largest absolute Gasteiger partial charge is 0.481 e. The van der Waals surface area contributed by atoms with Crippen LogP contribution < -0.4 is 52.8 Å². The Bertz CT molecular complexity index is 4770. The summed E-state index contributed by atoms with van der Waals surface area (Å²) in [7, 11) is -4.19. The molecule has 35 heteroatoms. The number of hydrogen-bond donors (Lipinski definition) is 11. The summed E-state index contributed by atoms with van der Waals surface area (Å²) in [5, 5.41) is 41.3. The van der Waals surface area contributed by atoms with Gasteiger partial charge in [-0.25, -0.2) is 41.8 Å². The van der Waals surface area contributed by atoms with Crippen LogP contribution in [0.2, 0.25) is 0 Å². The smallest absolute Gasteiger partial charge is 0.355 e. The number of sulfonamides is 1. The molecule has 6 unspecified atom stereocenters. The minimum atomic E-state index is -4.19. The van der Waals surface area contributed by atoms with Crippen LogP contribution in [-0.2, 0) is 92.4 Å². The Morgan fingerprint density at radius 1 is 0.726 bits per heavy atom. The number of likely N-dealkylation sites (tertiary alicyclic amines) is 1. The molecular weight excluding hydrogens is 1490 g/mol. The average molecular weight is 1590 g/mol. The molecule has 9 amide bonds. The summed E-state index contributed by atoms with van der Waals surface area (Å²) in [5.74, 6) is -8.04. The molecule has 113 heavy (non-hydrogen) atoms. The summed E-state index contributed by atoms with van der Waals surface area (Å²) in [4.78, 5) is 156. The lowest BCUT2D eigenvalue weighted by molar-refractivity contribution is -0.191. The van der Waals surface area contributed by atoms with Crippen molar-refractivity contribution >= 4 is 103 Å².